The molecule has 0 aliphatic carbocycles. The van der Waals surface area contributed by atoms with Crippen molar-refractivity contribution < 1.29 is 83.7 Å². The fourth-order valence-corrected chi connectivity index (χ4v) is 22.7. The first-order valence-corrected chi connectivity index (χ1v) is 49.3. The van der Waals surface area contributed by atoms with Crippen molar-refractivity contribution in [2.45, 2.75) is 159 Å². The van der Waals surface area contributed by atoms with Crippen LogP contribution in [0.3, 0.4) is 0 Å². The van der Waals surface area contributed by atoms with Gasteiger partial charge in [0.2, 0.25) is 0 Å². The van der Waals surface area contributed by atoms with Gasteiger partial charge in [0.25, 0.3) is 0 Å². The Kier molecular flexibility index (Phi) is 35.1. The number of anilines is 4. The maximum atomic E-state index is 13.4. The third-order valence-electron chi connectivity index (χ3n) is 25.3. The van der Waals surface area contributed by atoms with Gasteiger partial charge in [0.15, 0.2) is 0 Å². The van der Waals surface area contributed by atoms with E-state index in [1.165, 1.54) is 67.9 Å². The number of nitrogens with two attached hydrogens (primary N) is 2. The Bertz CT molecular complexity index is 5860. The van der Waals surface area contributed by atoms with Gasteiger partial charge in [0.05, 0.1) is 151 Å². The first-order chi connectivity index (χ1) is 62.9. The summed E-state index contributed by atoms with van der Waals surface area (Å²) in [5.41, 5.74) is 24.4. The number of nitrogens with zero attached hydrogens (tertiary/aromatic N) is 13. The second-order valence-electron chi connectivity index (χ2n) is 39.6. The van der Waals surface area contributed by atoms with Crippen LogP contribution in [0.15, 0.2) is 108 Å². The van der Waals surface area contributed by atoms with Gasteiger partial charge >= 0.3 is 59.3 Å². The predicted molar refractivity (Wildman–Crippen MR) is 537 cm³/mol. The Labute approximate surface area is 829 Å². The number of carbonyl (C=O) groups is 5. The number of carboxylic acid groups (broad SMARTS) is 1. The SMILES string of the molecule is CC1CCC(c2ccc3sc(C4(CN(C)C)COC4)nc3c2)=NC1.CCc1cc(NC(=O)C(=O)N2C[C@@H](C)CC[C@@H]2c2ccc3sc(C4(CN(C)C)COC4)nc3c2)cnc1N.CCc1cc(NC(=O)C(=O)O)cnc1N.C[C@H]1CC=C(c2ccc3sc(C4(CN(C)C)COC4)nc3c2)N(C(=O)OC(C)(C)C)C1.C[C@H]1CC[C@H](c2ccc3sc(C4(CN(C)C)COC4)nc3c2)NC1.[B].[H-].[Na+]. The van der Waals surface area contributed by atoms with Crippen LogP contribution in [0.2, 0.25) is 0 Å². The summed E-state index contributed by atoms with van der Waals surface area (Å²) in [7, 11) is 16.8. The number of nitrogen functional groups attached to an aromatic ring is 2. The summed E-state index contributed by atoms with van der Waals surface area (Å²) in [4.78, 5) is 106. The van der Waals surface area contributed by atoms with Crippen molar-refractivity contribution in [1.29, 1.82) is 0 Å². The number of hydrogen-bond acceptors (Lipinski definition) is 28. The average molecular weight is 1910 g/mol. The Balaban J connectivity index is 0.000000166. The van der Waals surface area contributed by atoms with Crippen LogP contribution >= 0.6 is 45.3 Å². The van der Waals surface area contributed by atoms with Gasteiger partial charge in [-0.1, -0.05) is 71.9 Å². The molecule has 6 aromatic heterocycles. The Morgan fingerprint density at radius 3 is 1.38 bits per heavy atom. The number of carbonyl (C=O) groups excluding carboxylic acids is 4. The van der Waals surface area contributed by atoms with Crippen molar-refractivity contribution >= 4 is 159 Å². The van der Waals surface area contributed by atoms with Gasteiger partial charge in [-0.25, -0.2) is 39.5 Å². The molecule has 14 heterocycles. The molecule has 8 aliphatic rings. The number of pyridine rings is 2. The van der Waals surface area contributed by atoms with E-state index in [4.69, 9.17) is 65.2 Å². The monoisotopic (exact) mass is 1910 g/mol. The molecule has 0 saturated carbocycles. The van der Waals surface area contributed by atoms with Crippen molar-refractivity contribution in [3.8, 4) is 0 Å². The fourth-order valence-electron chi connectivity index (χ4n) is 18.3. The minimum absolute atomic E-state index is 0. The first-order valence-electron chi connectivity index (χ1n) is 46.1. The van der Waals surface area contributed by atoms with Crippen LogP contribution < -0.4 is 57.0 Å². The minimum atomic E-state index is -1.54. The predicted octanol–water partition coefficient (Wildman–Crippen LogP) is 11.9. The minimum Gasteiger partial charge on any atom is -1.00 e. The zero-order chi connectivity index (χ0) is 94.3. The van der Waals surface area contributed by atoms with E-state index in [9.17, 15) is 24.0 Å². The number of aliphatic imine (C=N–C) groups is 1. The number of aromatic nitrogens is 6. The number of rotatable bonds is 20. The van der Waals surface area contributed by atoms with Gasteiger partial charge in [-0.05, 0) is 254 Å². The van der Waals surface area contributed by atoms with Crippen molar-refractivity contribution in [2.24, 2.45) is 28.7 Å². The number of nitrogens with one attached hydrogen (secondary N) is 3. The first kappa shape index (κ1) is 105. The zero-order valence-electron chi connectivity index (χ0n) is 82.2. The number of ether oxygens (including phenoxy) is 5. The van der Waals surface area contributed by atoms with E-state index in [2.05, 4.69) is 208 Å². The number of carboxylic acids is 1. The molecule has 35 heteroatoms. The molecule has 6 atom stereocenters. The van der Waals surface area contributed by atoms with Gasteiger partial charge < -0.3 is 82.1 Å². The number of thiazole rings is 4. The molecule has 10 aromatic rings. The van der Waals surface area contributed by atoms with E-state index in [0.29, 0.717) is 99.2 Å². The summed E-state index contributed by atoms with van der Waals surface area (Å²) in [5, 5.41) is 21.7. The van der Waals surface area contributed by atoms with E-state index in [-0.39, 0.29) is 73.2 Å². The Morgan fingerprint density at radius 2 is 0.970 bits per heavy atom. The molecule has 8 aliphatic heterocycles. The number of amides is 4. The van der Waals surface area contributed by atoms with Gasteiger partial charge in [-0.15, -0.1) is 45.3 Å². The Morgan fingerprint density at radius 1 is 0.545 bits per heavy atom. The van der Waals surface area contributed by atoms with Crippen LogP contribution in [0.5, 0.6) is 0 Å². The largest absolute Gasteiger partial charge is 1.00 e. The molecule has 6 fully saturated rings. The quantitative estimate of drug-likeness (QED) is 0.0305. The molecule has 29 nitrogen and oxygen atoms in total. The van der Waals surface area contributed by atoms with Crippen molar-refractivity contribution in [2.75, 3.05) is 184 Å². The second kappa shape index (κ2) is 45.0. The second-order valence-corrected chi connectivity index (χ2v) is 43.8. The van der Waals surface area contributed by atoms with Gasteiger partial charge in [0, 0.05) is 71.5 Å². The van der Waals surface area contributed by atoms with Crippen LogP contribution in [-0.4, -0.2) is 276 Å². The van der Waals surface area contributed by atoms with Crippen LogP contribution in [-0.2, 0) is 77.4 Å². The van der Waals surface area contributed by atoms with Crippen LogP contribution in [0.4, 0.5) is 27.8 Å². The number of likely N-dealkylation sites (tertiary alicyclic amines) is 1. The fraction of sp³-hybridized carbons (Fsp3) is 0.535. The summed E-state index contributed by atoms with van der Waals surface area (Å²) in [6, 6.07) is 29.8. The molecule has 6 saturated heterocycles. The van der Waals surface area contributed by atoms with Crippen LogP contribution in [0, 0.1) is 23.7 Å². The van der Waals surface area contributed by atoms with Gasteiger partial charge in [-0.2, -0.15) is 0 Å². The maximum Gasteiger partial charge on any atom is 1.00 e. The van der Waals surface area contributed by atoms with Gasteiger partial charge in [-0.3, -0.25) is 24.3 Å². The number of allylic oxidation sites excluding steroid dienone is 1. The topological polar surface area (TPSA) is 349 Å². The third-order valence-corrected chi connectivity index (χ3v) is 30.5. The number of piperidine rings is 2. The molecule has 0 spiro atoms. The normalized spacial score (nSPS) is 20.9. The molecule has 1 unspecified atom stereocenters. The number of aliphatic carboxylic acids is 1. The van der Waals surface area contributed by atoms with Gasteiger partial charge in [0.1, 0.15) is 37.3 Å². The number of aryl methyl sites for hydroxylation is 2. The standard InChI is InChI=1S/C28H36N6O3S.C24H33N3O3S.C19H27N3OS.C19H25N3OS.C9H11N3O3.B.Na.H/c1-5-18-10-20(12-30-24(18)29)31-25(35)26(36)34-13-17(2)6-8-22(34)19-7-9-23-21(11-19)32-27(38-23)28(14-33(3)4)15-37-16-28;1-16-7-9-19(27(12-16)22(28)30-23(2,3)4)17-8-10-20-18(11-17)25-21(31-20)24(13-26(5)6)14-29-15-24;2*1-13-4-6-15(20-9-13)14-5-7-17-16(8-14)21-18(24-17)19(10-22(2)3)11-23-12-19;1-2-5-3-6(4-11-7(5)10)12-8(13)9(14)15;;;/h7,9-12,17,22H,5-6,8,13-16H2,1-4H3,(H2,29,30)(H,31,35);8-11,16H,7,12-15H2,1-6H3;5,7-8,13,15,20H,4,6,9-12H2,1-3H3;5,7-8,13H,4,6,9-12H2,1-3H3;3-4H,2H2,1H3,(H2,10,11)(H,12,13)(H,14,15);;;/q;;;;;;+1;-1/t17-,22+;16-;13-,15+;;;;;/m000...../s1. The third kappa shape index (κ3) is 25.0. The summed E-state index contributed by atoms with van der Waals surface area (Å²) < 4.78 is 32.8. The molecule has 713 valence electrons. The smallest absolute Gasteiger partial charge is 1.00 e. The molecule has 0 bridgehead atoms. The molecule has 4 aromatic carbocycles. The molecule has 3 radical (unpaired) electrons. The average Bonchev–Trinajstić information content (AvgIpc) is 1.63. The van der Waals surface area contributed by atoms with E-state index in [1.807, 2.05) is 57.3 Å². The van der Waals surface area contributed by atoms with Crippen molar-refractivity contribution in [3.05, 3.63) is 157 Å². The van der Waals surface area contributed by atoms with Crippen LogP contribution in [0.25, 0.3) is 46.6 Å². The van der Waals surface area contributed by atoms with E-state index >= 15 is 0 Å². The molecular weight excluding hydrogens is 1780 g/mol. The molecule has 4 amide bonds. The molecule has 18 rings (SSSR count). The summed E-state index contributed by atoms with van der Waals surface area (Å²) in [6.07, 6.45) is 13.6. The number of likely N-dealkylation sites (N-methyl/N-ethyl adjacent to an activating group) is 4. The summed E-state index contributed by atoms with van der Waals surface area (Å²) in [5.74, 6) is -0.799. The number of hydrogen-bond donors (Lipinski definition) is 6. The van der Waals surface area contributed by atoms with Crippen LogP contribution in [0.1, 0.15) is 174 Å². The number of fused-ring (bicyclic) bond motifs is 4. The maximum absolute atomic E-state index is 13.4. The zero-order valence-corrected chi connectivity index (χ0v) is 86.4. The summed E-state index contributed by atoms with van der Waals surface area (Å²) in [6.45, 7) is 31.4. The van der Waals surface area contributed by atoms with E-state index in [0.717, 1.165) is 167 Å². The Hall–Kier alpha value is -8.40. The van der Waals surface area contributed by atoms with E-state index < -0.39 is 29.3 Å². The molecular formula is C99H133BN18NaO11S4. The van der Waals surface area contributed by atoms with E-state index in [1.54, 1.807) is 44.6 Å². The van der Waals surface area contributed by atoms with Crippen molar-refractivity contribution in [1.82, 2.24) is 64.6 Å². The molecule has 8 N–H and O–H groups in total. The number of benzene rings is 4. The molecule has 134 heavy (non-hydrogen) atoms. The van der Waals surface area contributed by atoms with Crippen molar-refractivity contribution in [3.63, 3.8) is 0 Å². The summed E-state index contributed by atoms with van der Waals surface area (Å²) >= 11 is 7.13.